The van der Waals surface area contributed by atoms with E-state index in [1.54, 1.807) is 32.0 Å². The zero-order valence-corrected chi connectivity index (χ0v) is 12.3. The van der Waals surface area contributed by atoms with E-state index in [-0.39, 0.29) is 6.04 Å². The number of imidazole rings is 1. The molecule has 3 aromatic rings. The average molecular weight is 303 g/mol. The Labute approximate surface area is 125 Å². The van der Waals surface area contributed by atoms with E-state index in [0.29, 0.717) is 17.5 Å². The fourth-order valence-corrected chi connectivity index (χ4v) is 2.72. The minimum Gasteiger partial charge on any atom is -0.480 e. The van der Waals surface area contributed by atoms with Crippen molar-refractivity contribution in [2.45, 2.75) is 6.04 Å². The largest absolute Gasteiger partial charge is 0.480 e. The Morgan fingerprint density at radius 1 is 1.19 bits per heavy atom. The van der Waals surface area contributed by atoms with Crippen molar-refractivity contribution in [3.8, 4) is 11.8 Å². The van der Waals surface area contributed by atoms with Crippen molar-refractivity contribution >= 4 is 11.3 Å². The number of thiazole rings is 1. The van der Waals surface area contributed by atoms with Gasteiger partial charge in [0.25, 0.3) is 0 Å². The van der Waals surface area contributed by atoms with E-state index in [2.05, 4.69) is 19.9 Å². The molecule has 8 heteroatoms. The predicted octanol–water partition coefficient (Wildman–Crippen LogP) is 1.78. The van der Waals surface area contributed by atoms with E-state index in [1.165, 1.54) is 18.4 Å². The Kier molecular flexibility index (Phi) is 3.78. The quantitative estimate of drug-likeness (QED) is 0.715. The highest BCUT2D eigenvalue weighted by atomic mass is 32.1. The van der Waals surface area contributed by atoms with Crippen molar-refractivity contribution in [1.29, 1.82) is 0 Å². The molecule has 0 saturated carbocycles. The van der Waals surface area contributed by atoms with Gasteiger partial charge in [-0.25, -0.2) is 15.0 Å². The maximum absolute atomic E-state index is 5.35. The van der Waals surface area contributed by atoms with Gasteiger partial charge in [-0.1, -0.05) is 0 Å². The Hall–Kier alpha value is -2.48. The van der Waals surface area contributed by atoms with Crippen LogP contribution in [0.3, 0.4) is 0 Å². The molecule has 7 nitrogen and oxygen atoms in total. The summed E-state index contributed by atoms with van der Waals surface area (Å²) in [6, 6.07) is -0.235. The Bertz CT molecular complexity index is 665. The van der Waals surface area contributed by atoms with E-state index in [9.17, 15) is 0 Å². The molecule has 0 aromatic carbocycles. The zero-order valence-electron chi connectivity index (χ0n) is 11.5. The van der Waals surface area contributed by atoms with Gasteiger partial charge < -0.3 is 14.0 Å². The molecule has 0 bridgehead atoms. The van der Waals surface area contributed by atoms with Gasteiger partial charge in [-0.2, -0.15) is 4.98 Å². The molecule has 0 aliphatic heterocycles. The van der Waals surface area contributed by atoms with Gasteiger partial charge in [0.05, 0.1) is 26.7 Å². The molecule has 0 saturated heterocycles. The van der Waals surface area contributed by atoms with Crippen molar-refractivity contribution in [1.82, 2.24) is 24.5 Å². The minimum atomic E-state index is -0.235. The third kappa shape index (κ3) is 2.57. The van der Waals surface area contributed by atoms with Crippen molar-refractivity contribution < 1.29 is 9.47 Å². The van der Waals surface area contributed by atoms with Crippen LogP contribution in [0.5, 0.6) is 11.8 Å². The molecule has 0 amide bonds. The standard InChI is InChI=1S/C13H13N5O2S/c1-19-9-7-16-10(12(17-9)20-2)11(13-15-4-6-21-13)18-5-3-14-8-18/h3-8,11H,1-2H3. The molecule has 3 aromatic heterocycles. The molecule has 108 valence electrons. The first kappa shape index (κ1) is 13.5. The second kappa shape index (κ2) is 5.88. The maximum atomic E-state index is 5.35. The first-order valence-corrected chi connectivity index (χ1v) is 7.03. The van der Waals surface area contributed by atoms with Gasteiger partial charge in [0.2, 0.25) is 11.8 Å². The van der Waals surface area contributed by atoms with E-state index in [4.69, 9.17) is 9.47 Å². The lowest BCUT2D eigenvalue weighted by molar-refractivity contribution is 0.353. The molecular formula is C13H13N5O2S. The van der Waals surface area contributed by atoms with Gasteiger partial charge in [0.1, 0.15) is 16.7 Å². The summed E-state index contributed by atoms with van der Waals surface area (Å²) in [5.41, 5.74) is 0.659. The van der Waals surface area contributed by atoms with Crippen LogP contribution in [0.2, 0.25) is 0 Å². The molecular weight excluding hydrogens is 290 g/mol. The molecule has 0 radical (unpaired) electrons. The molecule has 1 atom stereocenters. The van der Waals surface area contributed by atoms with Crippen LogP contribution >= 0.6 is 11.3 Å². The van der Waals surface area contributed by atoms with E-state index in [0.717, 1.165) is 5.01 Å². The molecule has 0 spiro atoms. The maximum Gasteiger partial charge on any atom is 0.241 e. The van der Waals surface area contributed by atoms with Crippen LogP contribution in [0.4, 0.5) is 0 Å². The van der Waals surface area contributed by atoms with Crippen molar-refractivity contribution in [2.24, 2.45) is 0 Å². The highest BCUT2D eigenvalue weighted by molar-refractivity contribution is 7.09. The van der Waals surface area contributed by atoms with Crippen LogP contribution in [-0.2, 0) is 0 Å². The van der Waals surface area contributed by atoms with Crippen LogP contribution in [0.15, 0.2) is 36.5 Å². The van der Waals surface area contributed by atoms with Gasteiger partial charge in [0.15, 0.2) is 0 Å². The van der Waals surface area contributed by atoms with Gasteiger partial charge in [-0.05, 0) is 0 Å². The number of hydrogen-bond donors (Lipinski definition) is 0. The average Bonchev–Trinajstić information content (AvgIpc) is 3.21. The number of nitrogens with zero attached hydrogens (tertiary/aromatic N) is 5. The fraction of sp³-hybridized carbons (Fsp3) is 0.231. The fourth-order valence-electron chi connectivity index (χ4n) is 1.98. The first-order valence-electron chi connectivity index (χ1n) is 6.15. The van der Waals surface area contributed by atoms with Gasteiger partial charge >= 0.3 is 0 Å². The number of methoxy groups -OCH3 is 2. The summed E-state index contributed by atoms with van der Waals surface area (Å²) in [5, 5.41) is 2.80. The van der Waals surface area contributed by atoms with Crippen LogP contribution in [-0.4, -0.2) is 38.7 Å². The highest BCUT2D eigenvalue weighted by Crippen LogP contribution is 2.32. The summed E-state index contributed by atoms with van der Waals surface area (Å²) in [5.74, 6) is 0.808. The molecule has 0 N–H and O–H groups in total. The van der Waals surface area contributed by atoms with Crippen LogP contribution in [0, 0.1) is 0 Å². The summed E-state index contributed by atoms with van der Waals surface area (Å²) < 4.78 is 12.4. The van der Waals surface area contributed by atoms with Gasteiger partial charge in [-0.15, -0.1) is 11.3 Å². The van der Waals surface area contributed by atoms with Crippen LogP contribution in [0.25, 0.3) is 0 Å². The molecule has 1 unspecified atom stereocenters. The highest BCUT2D eigenvalue weighted by Gasteiger charge is 2.25. The number of aromatic nitrogens is 5. The predicted molar refractivity (Wildman–Crippen MR) is 76.7 cm³/mol. The van der Waals surface area contributed by atoms with E-state index < -0.39 is 0 Å². The van der Waals surface area contributed by atoms with Crippen molar-refractivity contribution in [2.75, 3.05) is 14.2 Å². The second-order valence-corrected chi connectivity index (χ2v) is 5.02. The second-order valence-electron chi connectivity index (χ2n) is 4.09. The summed E-state index contributed by atoms with van der Waals surface area (Å²) in [7, 11) is 3.09. The molecule has 0 aliphatic carbocycles. The van der Waals surface area contributed by atoms with Crippen molar-refractivity contribution in [3.63, 3.8) is 0 Å². The van der Waals surface area contributed by atoms with Crippen LogP contribution < -0.4 is 9.47 Å². The van der Waals surface area contributed by atoms with Crippen LogP contribution in [0.1, 0.15) is 16.7 Å². The Balaban J connectivity index is 2.13. The molecule has 3 heterocycles. The lowest BCUT2D eigenvalue weighted by atomic mass is 10.2. The molecule has 3 rings (SSSR count). The van der Waals surface area contributed by atoms with Crippen molar-refractivity contribution in [3.05, 3.63) is 47.2 Å². The molecule has 21 heavy (non-hydrogen) atoms. The monoisotopic (exact) mass is 303 g/mol. The normalized spacial score (nSPS) is 12.1. The number of rotatable bonds is 5. The Morgan fingerprint density at radius 2 is 2.10 bits per heavy atom. The summed E-state index contributed by atoms with van der Waals surface area (Å²) >= 11 is 1.54. The smallest absolute Gasteiger partial charge is 0.241 e. The SMILES string of the molecule is COc1cnc(C(c2nccs2)n2ccnc2)c(OC)n1. The zero-order chi connectivity index (χ0) is 14.7. The van der Waals surface area contributed by atoms with E-state index in [1.807, 2.05) is 16.1 Å². The summed E-state index contributed by atoms with van der Waals surface area (Å²) in [6.07, 6.45) is 8.61. The lowest BCUT2D eigenvalue weighted by Crippen LogP contribution is -2.14. The minimum absolute atomic E-state index is 0.235. The third-order valence-corrected chi connectivity index (χ3v) is 3.74. The number of ether oxygens (including phenoxy) is 2. The topological polar surface area (TPSA) is 75.0 Å². The Morgan fingerprint density at radius 3 is 2.71 bits per heavy atom. The number of hydrogen-bond acceptors (Lipinski definition) is 7. The first-order chi connectivity index (χ1) is 10.3. The van der Waals surface area contributed by atoms with Gasteiger partial charge in [-0.3, -0.25) is 0 Å². The van der Waals surface area contributed by atoms with Gasteiger partial charge in [0, 0.05) is 24.0 Å². The summed E-state index contributed by atoms with van der Waals surface area (Å²) in [6.45, 7) is 0. The third-order valence-electron chi connectivity index (χ3n) is 2.91. The molecule has 0 aliphatic rings. The lowest BCUT2D eigenvalue weighted by Gasteiger charge is -2.17. The summed E-state index contributed by atoms with van der Waals surface area (Å²) in [4.78, 5) is 17.2. The molecule has 0 fully saturated rings. The van der Waals surface area contributed by atoms with E-state index >= 15 is 0 Å².